The quantitative estimate of drug-likeness (QED) is 0.739. The zero-order chi connectivity index (χ0) is 20.9. The van der Waals surface area contributed by atoms with Crippen LogP contribution in [0, 0.1) is 11.7 Å². The van der Waals surface area contributed by atoms with Gasteiger partial charge < -0.3 is 10.6 Å². The second-order valence-electron chi connectivity index (χ2n) is 6.62. The Bertz CT molecular complexity index is 939. The van der Waals surface area contributed by atoms with Crippen molar-refractivity contribution >= 4 is 27.3 Å². The molecule has 0 spiro atoms. The summed E-state index contributed by atoms with van der Waals surface area (Å²) in [5.74, 6) is -1.59. The standard InChI is InChI=1S/C20H23FN2O4S/c1-4-28(26,27)17-11-9-16(10-12-17)22-20(25)18(13(2)3)23-19(24)14-5-7-15(21)8-6-14/h5-13,18H,4H2,1-3H3,(H,22,25)(H,23,24). The number of benzene rings is 2. The fraction of sp³-hybridized carbons (Fsp3) is 0.300. The fourth-order valence-electron chi connectivity index (χ4n) is 2.49. The molecule has 0 saturated heterocycles. The molecule has 2 N–H and O–H groups in total. The number of nitrogens with one attached hydrogen (secondary N) is 2. The van der Waals surface area contributed by atoms with Crippen LogP contribution < -0.4 is 10.6 Å². The number of halogens is 1. The lowest BCUT2D eigenvalue weighted by Crippen LogP contribution is -2.47. The summed E-state index contributed by atoms with van der Waals surface area (Å²) in [5.41, 5.74) is 0.663. The number of sulfone groups is 1. The van der Waals surface area contributed by atoms with Gasteiger partial charge in [0.2, 0.25) is 5.91 Å². The molecule has 6 nitrogen and oxygen atoms in total. The highest BCUT2D eigenvalue weighted by Gasteiger charge is 2.25. The van der Waals surface area contributed by atoms with E-state index in [1.807, 2.05) is 0 Å². The van der Waals surface area contributed by atoms with E-state index in [-0.39, 0.29) is 22.1 Å². The normalized spacial score (nSPS) is 12.5. The molecule has 0 aromatic heterocycles. The van der Waals surface area contributed by atoms with Crippen LogP contribution >= 0.6 is 0 Å². The summed E-state index contributed by atoms with van der Waals surface area (Å²) in [7, 11) is -3.32. The van der Waals surface area contributed by atoms with Crippen molar-refractivity contribution < 1.29 is 22.4 Å². The van der Waals surface area contributed by atoms with Gasteiger partial charge in [0.25, 0.3) is 5.91 Å². The Balaban J connectivity index is 2.10. The highest BCUT2D eigenvalue weighted by Crippen LogP contribution is 2.16. The van der Waals surface area contributed by atoms with Crippen LogP contribution in [-0.4, -0.2) is 32.0 Å². The van der Waals surface area contributed by atoms with E-state index in [1.165, 1.54) is 48.5 Å². The average molecular weight is 406 g/mol. The third-order valence-corrected chi connectivity index (χ3v) is 5.95. The number of amides is 2. The Morgan fingerprint density at radius 2 is 1.57 bits per heavy atom. The fourth-order valence-corrected chi connectivity index (χ4v) is 3.38. The number of carbonyl (C=O) groups is 2. The molecule has 0 saturated carbocycles. The van der Waals surface area contributed by atoms with Gasteiger partial charge in [-0.15, -0.1) is 0 Å². The average Bonchev–Trinajstić information content (AvgIpc) is 2.66. The maximum atomic E-state index is 13.0. The van der Waals surface area contributed by atoms with Crippen molar-refractivity contribution in [3.63, 3.8) is 0 Å². The first-order chi connectivity index (χ1) is 13.1. The Hall–Kier alpha value is -2.74. The van der Waals surface area contributed by atoms with Crippen LogP contribution in [-0.2, 0) is 14.6 Å². The van der Waals surface area contributed by atoms with E-state index in [1.54, 1.807) is 20.8 Å². The maximum Gasteiger partial charge on any atom is 0.251 e. The van der Waals surface area contributed by atoms with Gasteiger partial charge in [0.05, 0.1) is 10.6 Å². The lowest BCUT2D eigenvalue weighted by atomic mass is 10.0. The Morgan fingerprint density at radius 1 is 1.00 bits per heavy atom. The molecule has 0 radical (unpaired) electrons. The van der Waals surface area contributed by atoms with Gasteiger partial charge in [0, 0.05) is 11.3 Å². The van der Waals surface area contributed by atoms with Crippen LogP contribution in [0.25, 0.3) is 0 Å². The topological polar surface area (TPSA) is 92.3 Å². The molecule has 2 amide bonds. The highest BCUT2D eigenvalue weighted by atomic mass is 32.2. The van der Waals surface area contributed by atoms with E-state index >= 15 is 0 Å². The molecule has 0 aliphatic carbocycles. The minimum atomic E-state index is -3.32. The summed E-state index contributed by atoms with van der Waals surface area (Å²) in [6.45, 7) is 5.13. The molecule has 1 atom stereocenters. The first-order valence-electron chi connectivity index (χ1n) is 8.84. The molecule has 2 rings (SSSR count). The number of hydrogen-bond acceptors (Lipinski definition) is 4. The zero-order valence-corrected chi connectivity index (χ0v) is 16.7. The lowest BCUT2D eigenvalue weighted by molar-refractivity contribution is -0.118. The van der Waals surface area contributed by atoms with E-state index in [9.17, 15) is 22.4 Å². The van der Waals surface area contributed by atoms with Gasteiger partial charge in [-0.2, -0.15) is 0 Å². The molecule has 1 unspecified atom stereocenters. The Labute approximate surface area is 164 Å². The van der Waals surface area contributed by atoms with Crippen LogP contribution in [0.15, 0.2) is 53.4 Å². The largest absolute Gasteiger partial charge is 0.340 e. The van der Waals surface area contributed by atoms with Crippen LogP contribution in [0.1, 0.15) is 31.1 Å². The highest BCUT2D eigenvalue weighted by molar-refractivity contribution is 7.91. The number of anilines is 1. The van der Waals surface area contributed by atoms with Crippen molar-refractivity contribution in [2.45, 2.75) is 31.7 Å². The zero-order valence-electron chi connectivity index (χ0n) is 15.9. The molecule has 0 fully saturated rings. The van der Waals surface area contributed by atoms with Crippen molar-refractivity contribution in [3.8, 4) is 0 Å². The van der Waals surface area contributed by atoms with Crippen LogP contribution in [0.2, 0.25) is 0 Å². The second kappa shape index (κ2) is 8.97. The van der Waals surface area contributed by atoms with Gasteiger partial charge in [-0.25, -0.2) is 12.8 Å². The summed E-state index contributed by atoms with van der Waals surface area (Å²) in [6, 6.07) is 10.1. The van der Waals surface area contributed by atoms with E-state index in [4.69, 9.17) is 0 Å². The first-order valence-corrected chi connectivity index (χ1v) is 10.5. The molecule has 2 aromatic carbocycles. The summed E-state index contributed by atoms with van der Waals surface area (Å²) in [4.78, 5) is 25.1. The summed E-state index contributed by atoms with van der Waals surface area (Å²) in [6.07, 6.45) is 0. The van der Waals surface area contributed by atoms with Crippen molar-refractivity contribution in [2.75, 3.05) is 11.1 Å². The summed E-state index contributed by atoms with van der Waals surface area (Å²) >= 11 is 0. The minimum Gasteiger partial charge on any atom is -0.340 e. The van der Waals surface area contributed by atoms with E-state index in [0.717, 1.165) is 0 Å². The Kier molecular flexibility index (Phi) is 6.90. The molecule has 0 bridgehead atoms. The van der Waals surface area contributed by atoms with Gasteiger partial charge in [0.15, 0.2) is 9.84 Å². The molecular weight excluding hydrogens is 383 g/mol. The lowest BCUT2D eigenvalue weighted by Gasteiger charge is -2.22. The predicted octanol–water partition coefficient (Wildman–Crippen LogP) is 3.01. The van der Waals surface area contributed by atoms with Crippen molar-refractivity contribution in [1.82, 2.24) is 5.32 Å². The van der Waals surface area contributed by atoms with Crippen molar-refractivity contribution in [3.05, 3.63) is 59.9 Å². The molecule has 8 heteroatoms. The van der Waals surface area contributed by atoms with E-state index in [0.29, 0.717) is 5.69 Å². The van der Waals surface area contributed by atoms with E-state index in [2.05, 4.69) is 10.6 Å². The van der Waals surface area contributed by atoms with E-state index < -0.39 is 33.5 Å². The van der Waals surface area contributed by atoms with Crippen LogP contribution in [0.4, 0.5) is 10.1 Å². The third kappa shape index (κ3) is 5.39. The van der Waals surface area contributed by atoms with Gasteiger partial charge >= 0.3 is 0 Å². The van der Waals surface area contributed by atoms with Gasteiger partial charge in [-0.3, -0.25) is 9.59 Å². The van der Waals surface area contributed by atoms with Crippen LogP contribution in [0.3, 0.4) is 0 Å². The van der Waals surface area contributed by atoms with Crippen LogP contribution in [0.5, 0.6) is 0 Å². The van der Waals surface area contributed by atoms with Crippen molar-refractivity contribution in [1.29, 1.82) is 0 Å². The molecule has 0 aliphatic rings. The molecule has 0 aliphatic heterocycles. The minimum absolute atomic E-state index is 0.0104. The Morgan fingerprint density at radius 3 is 2.07 bits per heavy atom. The SMILES string of the molecule is CCS(=O)(=O)c1ccc(NC(=O)C(NC(=O)c2ccc(F)cc2)C(C)C)cc1. The number of carbonyl (C=O) groups excluding carboxylic acids is 2. The van der Waals surface area contributed by atoms with Gasteiger partial charge in [0.1, 0.15) is 11.9 Å². The van der Waals surface area contributed by atoms with Gasteiger partial charge in [-0.1, -0.05) is 20.8 Å². The molecule has 2 aromatic rings. The molecule has 150 valence electrons. The number of rotatable bonds is 7. The maximum absolute atomic E-state index is 13.0. The number of hydrogen-bond donors (Lipinski definition) is 2. The monoisotopic (exact) mass is 406 g/mol. The first kappa shape index (κ1) is 21.6. The molecule has 0 heterocycles. The second-order valence-corrected chi connectivity index (χ2v) is 8.90. The van der Waals surface area contributed by atoms with Gasteiger partial charge in [-0.05, 0) is 54.4 Å². The molecule has 28 heavy (non-hydrogen) atoms. The predicted molar refractivity (Wildman–Crippen MR) is 105 cm³/mol. The summed E-state index contributed by atoms with van der Waals surface area (Å²) in [5, 5.41) is 5.33. The van der Waals surface area contributed by atoms with Crippen molar-refractivity contribution in [2.24, 2.45) is 5.92 Å². The summed E-state index contributed by atoms with van der Waals surface area (Å²) < 4.78 is 36.7. The smallest absolute Gasteiger partial charge is 0.251 e. The molecular formula is C20H23FN2O4S. The third-order valence-electron chi connectivity index (χ3n) is 4.20.